The molecule has 4 heteroatoms. The molecule has 0 unspecified atom stereocenters. The van der Waals surface area contributed by atoms with Gasteiger partial charge in [-0.1, -0.05) is 31.2 Å². The Morgan fingerprint density at radius 1 is 1.10 bits per heavy atom. The smallest absolute Gasteiger partial charge is 0.255 e. The van der Waals surface area contributed by atoms with Crippen LogP contribution in [0.4, 0.5) is 11.4 Å². The number of carbonyl (C=O) groups is 1. The van der Waals surface area contributed by atoms with Gasteiger partial charge in [0.05, 0.1) is 11.4 Å². The van der Waals surface area contributed by atoms with Crippen LogP contribution in [0.15, 0.2) is 48.5 Å². The van der Waals surface area contributed by atoms with Gasteiger partial charge in [-0.2, -0.15) is 0 Å². The van der Waals surface area contributed by atoms with Crippen LogP contribution in [0.1, 0.15) is 22.8 Å². The van der Waals surface area contributed by atoms with Gasteiger partial charge in [0.2, 0.25) is 0 Å². The summed E-state index contributed by atoms with van der Waals surface area (Å²) in [6, 6.07) is 14.8. The van der Waals surface area contributed by atoms with Gasteiger partial charge in [-0.15, -0.1) is 0 Å². The van der Waals surface area contributed by atoms with Crippen LogP contribution in [0, 0.1) is 0 Å². The van der Waals surface area contributed by atoms with Crippen molar-refractivity contribution in [3.8, 4) is 0 Å². The molecule has 0 saturated heterocycles. The molecule has 20 heavy (non-hydrogen) atoms. The van der Waals surface area contributed by atoms with E-state index in [9.17, 15) is 4.79 Å². The minimum atomic E-state index is -0.155. The lowest BCUT2D eigenvalue weighted by molar-refractivity contribution is 0.102. The van der Waals surface area contributed by atoms with Crippen molar-refractivity contribution in [1.82, 2.24) is 5.32 Å². The quantitative estimate of drug-likeness (QED) is 0.731. The third-order valence-corrected chi connectivity index (χ3v) is 3.00. The molecule has 0 heterocycles. The van der Waals surface area contributed by atoms with Crippen molar-refractivity contribution < 1.29 is 4.79 Å². The molecule has 0 aliphatic heterocycles. The van der Waals surface area contributed by atoms with Crippen molar-refractivity contribution in [2.45, 2.75) is 13.5 Å². The van der Waals surface area contributed by atoms with Crippen molar-refractivity contribution in [2.24, 2.45) is 0 Å². The van der Waals surface area contributed by atoms with Crippen LogP contribution < -0.4 is 16.4 Å². The molecule has 1 amide bonds. The van der Waals surface area contributed by atoms with Crippen molar-refractivity contribution in [1.29, 1.82) is 0 Å². The van der Waals surface area contributed by atoms with Gasteiger partial charge in [0.15, 0.2) is 0 Å². The molecule has 104 valence electrons. The Labute approximate surface area is 119 Å². The third kappa shape index (κ3) is 3.59. The highest BCUT2D eigenvalue weighted by Gasteiger charge is 2.07. The minimum Gasteiger partial charge on any atom is -0.397 e. The van der Waals surface area contributed by atoms with Gasteiger partial charge in [-0.25, -0.2) is 0 Å². The van der Waals surface area contributed by atoms with Crippen LogP contribution in [-0.2, 0) is 6.54 Å². The summed E-state index contributed by atoms with van der Waals surface area (Å²) in [6.07, 6.45) is 0. The average Bonchev–Trinajstić information content (AvgIpc) is 2.48. The van der Waals surface area contributed by atoms with E-state index in [1.54, 1.807) is 12.1 Å². The summed E-state index contributed by atoms with van der Waals surface area (Å²) in [5.41, 5.74) is 8.77. The van der Waals surface area contributed by atoms with Gasteiger partial charge < -0.3 is 16.4 Å². The maximum Gasteiger partial charge on any atom is 0.255 e. The maximum atomic E-state index is 12.1. The molecule has 0 saturated carbocycles. The Balaban J connectivity index is 2.04. The van der Waals surface area contributed by atoms with Gasteiger partial charge in [0.1, 0.15) is 0 Å². The van der Waals surface area contributed by atoms with Gasteiger partial charge in [-0.05, 0) is 36.4 Å². The number of hydrogen-bond donors (Lipinski definition) is 3. The number of amides is 1. The van der Waals surface area contributed by atoms with E-state index in [0.717, 1.165) is 18.7 Å². The molecule has 0 aliphatic carbocycles. The molecule has 2 rings (SSSR count). The van der Waals surface area contributed by atoms with Crippen molar-refractivity contribution in [3.05, 3.63) is 59.7 Å². The van der Waals surface area contributed by atoms with Crippen LogP contribution in [0.3, 0.4) is 0 Å². The average molecular weight is 269 g/mol. The van der Waals surface area contributed by atoms with Crippen molar-refractivity contribution in [3.63, 3.8) is 0 Å². The molecule has 4 nitrogen and oxygen atoms in total. The minimum absolute atomic E-state index is 0.155. The number of hydrogen-bond acceptors (Lipinski definition) is 3. The second-order valence-corrected chi connectivity index (χ2v) is 4.52. The number of para-hydroxylation sites is 2. The first-order chi connectivity index (χ1) is 9.70. The first-order valence-electron chi connectivity index (χ1n) is 6.66. The van der Waals surface area contributed by atoms with E-state index >= 15 is 0 Å². The van der Waals surface area contributed by atoms with Crippen molar-refractivity contribution in [2.75, 3.05) is 17.6 Å². The second kappa shape index (κ2) is 6.73. The van der Waals surface area contributed by atoms with Crippen LogP contribution in [0.2, 0.25) is 0 Å². The van der Waals surface area contributed by atoms with Gasteiger partial charge in [0.25, 0.3) is 5.91 Å². The van der Waals surface area contributed by atoms with Gasteiger partial charge in [-0.3, -0.25) is 4.79 Å². The SMILES string of the molecule is CCNCc1ccc(C(=O)Nc2ccccc2N)cc1. The lowest BCUT2D eigenvalue weighted by Gasteiger charge is -2.08. The van der Waals surface area contributed by atoms with Crippen LogP contribution in [0.5, 0.6) is 0 Å². The molecule has 0 fully saturated rings. The predicted octanol–water partition coefficient (Wildman–Crippen LogP) is 2.63. The highest BCUT2D eigenvalue weighted by atomic mass is 16.1. The number of nitrogens with two attached hydrogens (primary N) is 1. The number of carbonyl (C=O) groups excluding carboxylic acids is 1. The first kappa shape index (κ1) is 14.1. The summed E-state index contributed by atoms with van der Waals surface area (Å²) in [5.74, 6) is -0.155. The predicted molar refractivity (Wildman–Crippen MR) is 82.6 cm³/mol. The summed E-state index contributed by atoms with van der Waals surface area (Å²) >= 11 is 0. The van der Waals surface area contributed by atoms with E-state index in [1.807, 2.05) is 36.4 Å². The van der Waals surface area contributed by atoms with E-state index in [1.165, 1.54) is 0 Å². The zero-order chi connectivity index (χ0) is 14.4. The molecule has 0 radical (unpaired) electrons. The molecule has 0 aliphatic rings. The number of rotatable bonds is 5. The molecule has 2 aromatic carbocycles. The van der Waals surface area contributed by atoms with Crippen LogP contribution >= 0.6 is 0 Å². The van der Waals surface area contributed by atoms with Gasteiger partial charge in [0, 0.05) is 12.1 Å². The summed E-state index contributed by atoms with van der Waals surface area (Å²) in [7, 11) is 0. The molecule has 0 bridgehead atoms. The standard InChI is InChI=1S/C16H19N3O/c1-2-18-11-12-7-9-13(10-8-12)16(20)19-15-6-4-3-5-14(15)17/h3-10,18H,2,11,17H2,1H3,(H,19,20). The third-order valence-electron chi connectivity index (χ3n) is 3.00. The Morgan fingerprint density at radius 2 is 1.80 bits per heavy atom. The van der Waals surface area contributed by atoms with Crippen LogP contribution in [-0.4, -0.2) is 12.5 Å². The van der Waals surface area contributed by atoms with Crippen molar-refractivity contribution >= 4 is 17.3 Å². The molecule has 4 N–H and O–H groups in total. The topological polar surface area (TPSA) is 67.2 Å². The molecule has 2 aromatic rings. The Morgan fingerprint density at radius 3 is 2.45 bits per heavy atom. The first-order valence-corrected chi connectivity index (χ1v) is 6.66. The highest BCUT2D eigenvalue weighted by Crippen LogP contribution is 2.17. The number of nitrogens with one attached hydrogen (secondary N) is 2. The highest BCUT2D eigenvalue weighted by molar-refractivity contribution is 6.05. The molecule has 0 atom stereocenters. The fourth-order valence-electron chi connectivity index (χ4n) is 1.85. The van der Waals surface area contributed by atoms with E-state index in [4.69, 9.17) is 5.73 Å². The Hall–Kier alpha value is -2.33. The fourth-order valence-corrected chi connectivity index (χ4v) is 1.85. The summed E-state index contributed by atoms with van der Waals surface area (Å²) in [4.78, 5) is 12.1. The second-order valence-electron chi connectivity index (χ2n) is 4.52. The number of benzene rings is 2. The monoisotopic (exact) mass is 269 g/mol. The van der Waals surface area contributed by atoms with E-state index in [0.29, 0.717) is 16.9 Å². The Kier molecular flexibility index (Phi) is 4.74. The lowest BCUT2D eigenvalue weighted by Crippen LogP contribution is -2.14. The Bertz CT molecular complexity index is 579. The zero-order valence-electron chi connectivity index (χ0n) is 11.5. The van der Waals surface area contributed by atoms with E-state index in [2.05, 4.69) is 17.6 Å². The number of anilines is 2. The zero-order valence-corrected chi connectivity index (χ0v) is 11.5. The maximum absolute atomic E-state index is 12.1. The molecule has 0 spiro atoms. The summed E-state index contributed by atoms with van der Waals surface area (Å²) in [5, 5.41) is 6.05. The summed E-state index contributed by atoms with van der Waals surface area (Å²) < 4.78 is 0. The molecular weight excluding hydrogens is 250 g/mol. The fraction of sp³-hybridized carbons (Fsp3) is 0.188. The largest absolute Gasteiger partial charge is 0.397 e. The van der Waals surface area contributed by atoms with E-state index < -0.39 is 0 Å². The molecule has 0 aromatic heterocycles. The van der Waals surface area contributed by atoms with Crippen LogP contribution in [0.25, 0.3) is 0 Å². The van der Waals surface area contributed by atoms with E-state index in [-0.39, 0.29) is 5.91 Å². The molecular formula is C16H19N3O. The lowest BCUT2D eigenvalue weighted by atomic mass is 10.1. The normalized spacial score (nSPS) is 10.2. The van der Waals surface area contributed by atoms with Gasteiger partial charge >= 0.3 is 0 Å². The number of nitrogen functional groups attached to an aromatic ring is 1. The summed E-state index contributed by atoms with van der Waals surface area (Å²) in [6.45, 7) is 3.80.